The molecule has 1 saturated carbocycles. The third-order valence-electron chi connectivity index (χ3n) is 9.48. The molecule has 1 heterocycles. The summed E-state index contributed by atoms with van der Waals surface area (Å²) in [6.07, 6.45) is -3.39. The molecule has 3 amide bonds. The molecule has 14 nitrogen and oxygen atoms in total. The third-order valence-corrected chi connectivity index (χ3v) is 9.73. The van der Waals surface area contributed by atoms with Gasteiger partial charge in [0.25, 0.3) is 5.91 Å². The molecule has 0 aliphatic heterocycles. The molecule has 5 N–H and O–H groups in total. The molecule has 0 spiro atoms. The molecule has 0 bridgehead atoms. The topological polar surface area (TPSA) is 186 Å². The van der Waals surface area contributed by atoms with Crippen LogP contribution in [0.3, 0.4) is 0 Å². The third kappa shape index (κ3) is 12.6. The first kappa shape index (κ1) is 44.8. The number of hydrogen-bond donors (Lipinski definition) is 5. The molecule has 0 unspecified atom stereocenters. The number of carbonyl (C=O) groups is 4. The van der Waals surface area contributed by atoms with Crippen molar-refractivity contribution in [3.8, 4) is 17.1 Å². The fraction of sp³-hybridized carbons (Fsp3) is 0.295. The van der Waals surface area contributed by atoms with Gasteiger partial charge in [-0.2, -0.15) is 28.1 Å². The second-order valence-corrected chi connectivity index (χ2v) is 16.1. The summed E-state index contributed by atoms with van der Waals surface area (Å²) in [5.74, 6) is -2.62. The van der Waals surface area contributed by atoms with Crippen LogP contribution < -0.4 is 31.3 Å². The van der Waals surface area contributed by atoms with Gasteiger partial charge in [0.1, 0.15) is 0 Å². The summed E-state index contributed by atoms with van der Waals surface area (Å²) in [5.41, 5.74) is 2.97. The van der Waals surface area contributed by atoms with Crippen molar-refractivity contribution in [2.45, 2.75) is 58.4 Å². The van der Waals surface area contributed by atoms with E-state index in [9.17, 15) is 32.3 Å². The molecule has 324 valence electrons. The van der Waals surface area contributed by atoms with Crippen LogP contribution in [0, 0.1) is 5.41 Å². The quantitative estimate of drug-likeness (QED) is 0.0477. The van der Waals surface area contributed by atoms with Crippen LogP contribution in [0.4, 0.5) is 36.4 Å². The second kappa shape index (κ2) is 18.9. The highest BCUT2D eigenvalue weighted by molar-refractivity contribution is 6.39. The summed E-state index contributed by atoms with van der Waals surface area (Å²) in [6.45, 7) is 5.79. The van der Waals surface area contributed by atoms with Crippen LogP contribution >= 0.6 is 11.6 Å². The SMILES string of the molecule is CC(C)OC(=O)c1ccc(-c2ccc(NC(=O)C(=O)NCC(C)(C)CNC(=O)c3ccc(Nc4nc(NC5(c6ccc(Cl)cc6)CC5)nc(OCC(F)(F)F)n4)cc3)cc2)cc1. The van der Waals surface area contributed by atoms with Crippen molar-refractivity contribution in [2.24, 2.45) is 5.41 Å². The van der Waals surface area contributed by atoms with Crippen LogP contribution in [-0.4, -0.2) is 70.6 Å². The highest BCUT2D eigenvalue weighted by atomic mass is 35.5. The molecule has 1 aromatic heterocycles. The molecular weight excluding hydrogens is 829 g/mol. The Labute approximate surface area is 360 Å². The molecule has 1 aliphatic carbocycles. The van der Waals surface area contributed by atoms with Crippen molar-refractivity contribution in [1.82, 2.24) is 25.6 Å². The van der Waals surface area contributed by atoms with E-state index in [1.165, 1.54) is 12.1 Å². The number of aromatic nitrogens is 3. The van der Waals surface area contributed by atoms with Crippen molar-refractivity contribution in [3.05, 3.63) is 119 Å². The summed E-state index contributed by atoms with van der Waals surface area (Å²) >= 11 is 6.05. The van der Waals surface area contributed by atoms with E-state index in [0.29, 0.717) is 27.5 Å². The zero-order valence-electron chi connectivity index (χ0n) is 34.2. The standard InChI is InChI=1S/C44H44ClF3N8O6/c1-26(2)62-38(60)30-7-5-27(6-8-30)28-9-17-33(18-10-28)51-37(59)36(58)50-24-42(3,4)23-49-35(57)29-11-19-34(20-12-29)52-39-53-40(55-41(54-39)61-25-44(46,47)48)56-43(21-22-43)31-13-15-32(45)16-14-31/h5-20,26H,21-25H2,1-4H3,(H,49,57)(H,50,58)(H,51,59)(H2,52,53,54,55,56). The van der Waals surface area contributed by atoms with E-state index in [1.54, 1.807) is 86.6 Å². The lowest BCUT2D eigenvalue weighted by atomic mass is 9.93. The van der Waals surface area contributed by atoms with Gasteiger partial charge in [-0.15, -0.1) is 0 Å². The maximum absolute atomic E-state index is 13.1. The lowest BCUT2D eigenvalue weighted by Gasteiger charge is -2.25. The molecule has 0 radical (unpaired) electrons. The monoisotopic (exact) mass is 872 g/mol. The maximum Gasteiger partial charge on any atom is 0.422 e. The fourth-order valence-corrected chi connectivity index (χ4v) is 6.13. The Hall–Kier alpha value is -6.75. The van der Waals surface area contributed by atoms with Gasteiger partial charge in [-0.1, -0.05) is 61.8 Å². The number of ether oxygens (including phenoxy) is 2. The van der Waals surface area contributed by atoms with Crippen LogP contribution in [-0.2, 0) is 19.9 Å². The molecule has 1 fully saturated rings. The molecule has 18 heteroatoms. The first-order chi connectivity index (χ1) is 29.3. The van der Waals surface area contributed by atoms with Gasteiger partial charge in [-0.25, -0.2) is 4.79 Å². The van der Waals surface area contributed by atoms with Crippen molar-refractivity contribution >= 4 is 58.6 Å². The Morgan fingerprint density at radius 2 is 1.29 bits per heavy atom. The second-order valence-electron chi connectivity index (χ2n) is 15.7. The predicted molar refractivity (Wildman–Crippen MR) is 227 cm³/mol. The van der Waals surface area contributed by atoms with E-state index in [0.717, 1.165) is 29.5 Å². The average Bonchev–Trinajstić information content (AvgIpc) is 4.01. The number of carbonyl (C=O) groups excluding carboxylic acids is 4. The van der Waals surface area contributed by atoms with Gasteiger partial charge in [0.2, 0.25) is 11.9 Å². The van der Waals surface area contributed by atoms with Crippen molar-refractivity contribution in [3.63, 3.8) is 0 Å². The zero-order chi connectivity index (χ0) is 44.7. The largest absolute Gasteiger partial charge is 0.459 e. The van der Waals surface area contributed by atoms with E-state index in [4.69, 9.17) is 21.1 Å². The Kier molecular flexibility index (Phi) is 13.6. The Bertz CT molecular complexity index is 2390. The average molecular weight is 873 g/mol. The Morgan fingerprint density at radius 3 is 1.89 bits per heavy atom. The van der Waals surface area contributed by atoms with Gasteiger partial charge in [0.05, 0.1) is 17.2 Å². The smallest absolute Gasteiger partial charge is 0.422 e. The summed E-state index contributed by atoms with van der Waals surface area (Å²) in [5, 5.41) is 14.7. The number of hydrogen-bond acceptors (Lipinski definition) is 11. The van der Waals surface area contributed by atoms with E-state index in [-0.39, 0.29) is 31.1 Å². The summed E-state index contributed by atoms with van der Waals surface area (Å²) < 4.78 is 49.1. The van der Waals surface area contributed by atoms with Crippen LogP contribution in [0.25, 0.3) is 11.1 Å². The minimum atomic E-state index is -4.62. The molecular formula is C44H44ClF3N8O6. The molecule has 0 atom stereocenters. The van der Waals surface area contributed by atoms with Crippen LogP contribution in [0.1, 0.15) is 66.8 Å². The van der Waals surface area contributed by atoms with Crippen LogP contribution in [0.15, 0.2) is 97.1 Å². The van der Waals surface area contributed by atoms with Gasteiger partial charge in [-0.05, 0) is 109 Å². The fourth-order valence-electron chi connectivity index (χ4n) is 6.01. The van der Waals surface area contributed by atoms with Crippen LogP contribution in [0.5, 0.6) is 6.01 Å². The molecule has 4 aromatic carbocycles. The number of rotatable bonds is 16. The Balaban J connectivity index is 0.983. The van der Waals surface area contributed by atoms with Crippen LogP contribution in [0.2, 0.25) is 5.02 Å². The molecule has 62 heavy (non-hydrogen) atoms. The molecule has 6 rings (SSSR count). The van der Waals surface area contributed by atoms with Crippen molar-refractivity contribution in [2.75, 3.05) is 35.6 Å². The van der Waals surface area contributed by atoms with Gasteiger partial charge < -0.3 is 36.1 Å². The minimum absolute atomic E-state index is 0.000872. The van der Waals surface area contributed by atoms with Gasteiger partial charge in [-0.3, -0.25) is 14.4 Å². The number of benzene rings is 4. The van der Waals surface area contributed by atoms with E-state index < -0.39 is 53.4 Å². The zero-order valence-corrected chi connectivity index (χ0v) is 34.9. The van der Waals surface area contributed by atoms with E-state index in [2.05, 4.69) is 41.5 Å². The lowest BCUT2D eigenvalue weighted by Crippen LogP contribution is -2.44. The number of nitrogens with one attached hydrogen (secondary N) is 5. The predicted octanol–water partition coefficient (Wildman–Crippen LogP) is 8.05. The van der Waals surface area contributed by atoms with Gasteiger partial charge in [0.15, 0.2) is 6.61 Å². The number of halogens is 4. The highest BCUT2D eigenvalue weighted by Gasteiger charge is 2.45. The first-order valence-electron chi connectivity index (χ1n) is 19.5. The minimum Gasteiger partial charge on any atom is -0.459 e. The van der Waals surface area contributed by atoms with Crippen molar-refractivity contribution < 1.29 is 41.8 Å². The molecule has 0 saturated heterocycles. The number of nitrogens with zero attached hydrogens (tertiary/aromatic N) is 3. The van der Waals surface area contributed by atoms with E-state index >= 15 is 0 Å². The lowest BCUT2D eigenvalue weighted by molar-refractivity contribution is -0.154. The van der Waals surface area contributed by atoms with Gasteiger partial charge >= 0.3 is 30.0 Å². The number of anilines is 4. The maximum atomic E-state index is 13.1. The summed E-state index contributed by atoms with van der Waals surface area (Å²) in [7, 11) is 0. The van der Waals surface area contributed by atoms with Gasteiger partial charge in [0, 0.05) is 35.1 Å². The first-order valence-corrected chi connectivity index (χ1v) is 19.9. The number of amides is 3. The summed E-state index contributed by atoms with van der Waals surface area (Å²) in [4.78, 5) is 63.0. The van der Waals surface area contributed by atoms with E-state index in [1.807, 2.05) is 26.0 Å². The normalized spacial score (nSPS) is 13.1. The number of esters is 1. The molecule has 1 aliphatic rings. The van der Waals surface area contributed by atoms with Crippen molar-refractivity contribution in [1.29, 1.82) is 0 Å². The summed E-state index contributed by atoms with van der Waals surface area (Å²) in [6, 6.07) is 26.7. The number of alkyl halides is 3. The highest BCUT2D eigenvalue weighted by Crippen LogP contribution is 2.48. The Morgan fingerprint density at radius 1 is 0.726 bits per heavy atom. The molecule has 5 aromatic rings.